The van der Waals surface area contributed by atoms with Crippen molar-refractivity contribution < 1.29 is 17.6 Å². The molecule has 0 unspecified atom stereocenters. The molecule has 1 heterocycles. The number of nitrogens with zero attached hydrogens (tertiary/aromatic N) is 1. The van der Waals surface area contributed by atoms with Crippen molar-refractivity contribution in [3.05, 3.63) is 36.3 Å². The lowest BCUT2D eigenvalue weighted by Crippen LogP contribution is -2.08. The highest BCUT2D eigenvalue weighted by atomic mass is 19.4. The van der Waals surface area contributed by atoms with Crippen LogP contribution < -0.4 is 0 Å². The van der Waals surface area contributed by atoms with Gasteiger partial charge < -0.3 is 4.57 Å². The van der Waals surface area contributed by atoms with Gasteiger partial charge in [-0.05, 0) is 30.7 Å². The van der Waals surface area contributed by atoms with E-state index >= 15 is 0 Å². The molecule has 1 aromatic carbocycles. The predicted octanol–water partition coefficient (Wildman–Crippen LogP) is 4.12. The van der Waals surface area contributed by atoms with Crippen LogP contribution in [0.25, 0.3) is 10.9 Å². The van der Waals surface area contributed by atoms with Crippen LogP contribution in [-0.2, 0) is 6.54 Å². The zero-order valence-corrected chi connectivity index (χ0v) is 8.97. The van der Waals surface area contributed by atoms with Gasteiger partial charge in [0.25, 0.3) is 0 Å². The lowest BCUT2D eigenvalue weighted by atomic mass is 10.2. The van der Waals surface area contributed by atoms with E-state index in [1.807, 2.05) is 0 Å². The van der Waals surface area contributed by atoms with Crippen LogP contribution in [0, 0.1) is 5.82 Å². The number of aromatic nitrogens is 1. The van der Waals surface area contributed by atoms with Gasteiger partial charge >= 0.3 is 6.18 Å². The second kappa shape index (κ2) is 4.39. The van der Waals surface area contributed by atoms with E-state index in [0.717, 1.165) is 5.52 Å². The zero-order chi connectivity index (χ0) is 12.5. The Morgan fingerprint density at radius 1 is 1.12 bits per heavy atom. The van der Waals surface area contributed by atoms with Crippen molar-refractivity contribution in [1.82, 2.24) is 4.57 Å². The van der Waals surface area contributed by atoms with Crippen molar-refractivity contribution in [2.45, 2.75) is 25.6 Å². The third-order valence-corrected chi connectivity index (χ3v) is 2.59. The van der Waals surface area contributed by atoms with Crippen molar-refractivity contribution in [3.63, 3.8) is 0 Å². The number of fused-ring (bicyclic) bond motifs is 1. The van der Waals surface area contributed by atoms with Crippen LogP contribution in [-0.4, -0.2) is 10.7 Å². The number of alkyl halides is 3. The first-order chi connectivity index (χ1) is 7.96. The first-order valence-corrected chi connectivity index (χ1v) is 5.27. The Morgan fingerprint density at radius 3 is 2.59 bits per heavy atom. The Kier molecular flexibility index (Phi) is 3.09. The van der Waals surface area contributed by atoms with E-state index in [9.17, 15) is 17.6 Å². The van der Waals surface area contributed by atoms with Crippen LogP contribution in [0.15, 0.2) is 30.5 Å². The number of rotatable bonds is 3. The molecule has 0 N–H and O–H groups in total. The van der Waals surface area contributed by atoms with E-state index < -0.39 is 12.6 Å². The average molecular weight is 245 g/mol. The highest BCUT2D eigenvalue weighted by molar-refractivity contribution is 5.80. The van der Waals surface area contributed by atoms with E-state index in [2.05, 4.69) is 0 Å². The summed E-state index contributed by atoms with van der Waals surface area (Å²) in [6.45, 7) is 0.286. The fraction of sp³-hybridized carbons (Fsp3) is 0.333. The SMILES string of the molecule is Fc1ccc2c(ccn2CCCC(F)(F)F)c1. The van der Waals surface area contributed by atoms with Gasteiger partial charge in [-0.25, -0.2) is 4.39 Å². The van der Waals surface area contributed by atoms with Gasteiger partial charge in [0.1, 0.15) is 5.82 Å². The molecule has 92 valence electrons. The first-order valence-electron chi connectivity index (χ1n) is 5.27. The normalized spacial score (nSPS) is 12.2. The van der Waals surface area contributed by atoms with Crippen LogP contribution in [0.1, 0.15) is 12.8 Å². The van der Waals surface area contributed by atoms with Crippen molar-refractivity contribution in [1.29, 1.82) is 0 Å². The minimum Gasteiger partial charge on any atom is -0.347 e. The molecular weight excluding hydrogens is 234 g/mol. The maximum absolute atomic E-state index is 12.9. The smallest absolute Gasteiger partial charge is 0.347 e. The summed E-state index contributed by atoms with van der Waals surface area (Å²) in [5.74, 6) is -0.342. The van der Waals surface area contributed by atoms with Gasteiger partial charge in [0, 0.05) is 30.1 Å². The van der Waals surface area contributed by atoms with Gasteiger partial charge in [-0.1, -0.05) is 0 Å². The lowest BCUT2D eigenvalue weighted by molar-refractivity contribution is -0.135. The molecule has 1 nitrogen and oxygen atoms in total. The Balaban J connectivity index is 2.09. The van der Waals surface area contributed by atoms with Crippen LogP contribution in [0.3, 0.4) is 0 Å². The molecule has 0 spiro atoms. The van der Waals surface area contributed by atoms with Gasteiger partial charge in [-0.15, -0.1) is 0 Å². The molecule has 0 atom stereocenters. The molecule has 0 amide bonds. The summed E-state index contributed by atoms with van der Waals surface area (Å²) in [7, 11) is 0. The largest absolute Gasteiger partial charge is 0.389 e. The van der Waals surface area contributed by atoms with Gasteiger partial charge in [-0.3, -0.25) is 0 Å². The molecule has 2 aromatic rings. The Labute approximate surface area is 95.7 Å². The lowest BCUT2D eigenvalue weighted by Gasteiger charge is -2.07. The number of hydrogen-bond donors (Lipinski definition) is 0. The second-order valence-electron chi connectivity index (χ2n) is 3.93. The summed E-state index contributed by atoms with van der Waals surface area (Å²) in [5, 5.41) is 0.706. The second-order valence-corrected chi connectivity index (χ2v) is 3.93. The topological polar surface area (TPSA) is 4.93 Å². The standard InChI is InChI=1S/C12H11F4N/c13-10-2-3-11-9(8-10)4-7-17(11)6-1-5-12(14,15)16/h2-4,7-8H,1,5-6H2. The number of hydrogen-bond acceptors (Lipinski definition) is 0. The van der Waals surface area contributed by atoms with E-state index in [0.29, 0.717) is 5.39 Å². The minimum absolute atomic E-state index is 0.0324. The highest BCUT2D eigenvalue weighted by Gasteiger charge is 2.26. The van der Waals surface area contributed by atoms with Crippen molar-refractivity contribution in [2.75, 3.05) is 0 Å². The third kappa shape index (κ3) is 2.99. The van der Waals surface area contributed by atoms with Crippen molar-refractivity contribution >= 4 is 10.9 Å². The Morgan fingerprint density at radius 2 is 1.88 bits per heavy atom. The minimum atomic E-state index is -4.12. The van der Waals surface area contributed by atoms with E-state index in [1.165, 1.54) is 12.1 Å². The maximum Gasteiger partial charge on any atom is 0.389 e. The number of halogens is 4. The van der Waals surface area contributed by atoms with Gasteiger partial charge in [0.2, 0.25) is 0 Å². The summed E-state index contributed by atoms with van der Waals surface area (Å²) < 4.78 is 50.6. The number of aryl methyl sites for hydroxylation is 1. The maximum atomic E-state index is 12.9. The van der Waals surface area contributed by atoms with E-state index in [4.69, 9.17) is 0 Å². The Bertz CT molecular complexity index is 513. The van der Waals surface area contributed by atoms with Crippen molar-refractivity contribution in [2.24, 2.45) is 0 Å². The molecule has 0 aliphatic rings. The molecule has 0 bridgehead atoms. The monoisotopic (exact) mass is 245 g/mol. The van der Waals surface area contributed by atoms with Crippen molar-refractivity contribution in [3.8, 4) is 0 Å². The molecule has 0 saturated heterocycles. The summed E-state index contributed by atoms with van der Waals surface area (Å²) in [5.41, 5.74) is 0.758. The molecule has 0 aliphatic carbocycles. The molecule has 1 aromatic heterocycles. The van der Waals surface area contributed by atoms with Crippen LogP contribution >= 0.6 is 0 Å². The van der Waals surface area contributed by atoms with Gasteiger partial charge in [0.05, 0.1) is 0 Å². The summed E-state index contributed by atoms with van der Waals surface area (Å²) >= 11 is 0. The van der Waals surface area contributed by atoms with Crippen LogP contribution in [0.5, 0.6) is 0 Å². The predicted molar refractivity (Wildman–Crippen MR) is 57.2 cm³/mol. The fourth-order valence-electron chi connectivity index (χ4n) is 1.82. The fourth-order valence-corrected chi connectivity index (χ4v) is 1.82. The van der Waals surface area contributed by atoms with Gasteiger partial charge in [-0.2, -0.15) is 13.2 Å². The summed E-state index contributed by atoms with van der Waals surface area (Å²) in [6, 6.07) is 5.96. The molecule has 2 rings (SSSR count). The molecule has 5 heteroatoms. The van der Waals surface area contributed by atoms with E-state index in [-0.39, 0.29) is 18.8 Å². The first kappa shape index (κ1) is 12.0. The summed E-state index contributed by atoms with van der Waals surface area (Å²) in [6.07, 6.45) is -3.20. The highest BCUT2D eigenvalue weighted by Crippen LogP contribution is 2.23. The summed E-state index contributed by atoms with van der Waals surface area (Å²) in [4.78, 5) is 0. The molecule has 0 fully saturated rings. The van der Waals surface area contributed by atoms with Crippen LogP contribution in [0.2, 0.25) is 0 Å². The Hall–Kier alpha value is -1.52. The van der Waals surface area contributed by atoms with E-state index in [1.54, 1.807) is 22.9 Å². The number of benzene rings is 1. The quantitative estimate of drug-likeness (QED) is 0.717. The van der Waals surface area contributed by atoms with Gasteiger partial charge in [0.15, 0.2) is 0 Å². The average Bonchev–Trinajstić information content (AvgIpc) is 2.59. The molecule has 0 aliphatic heterocycles. The molecule has 0 saturated carbocycles. The van der Waals surface area contributed by atoms with Crippen LogP contribution in [0.4, 0.5) is 17.6 Å². The molecular formula is C12H11F4N. The zero-order valence-electron chi connectivity index (χ0n) is 8.97. The molecule has 0 radical (unpaired) electrons. The third-order valence-electron chi connectivity index (χ3n) is 2.59. The molecule has 17 heavy (non-hydrogen) atoms.